The molecule has 7 heteroatoms. The first-order valence-electron chi connectivity index (χ1n) is 6.34. The van der Waals surface area contributed by atoms with Crippen LogP contribution in [0, 0.1) is 5.92 Å². The zero-order valence-electron chi connectivity index (χ0n) is 11.7. The van der Waals surface area contributed by atoms with Crippen LogP contribution < -0.4 is 9.61 Å². The molecule has 2 atom stereocenters. The van der Waals surface area contributed by atoms with Crippen molar-refractivity contribution in [3.8, 4) is 5.75 Å². The van der Waals surface area contributed by atoms with E-state index in [1.807, 2.05) is 0 Å². The van der Waals surface area contributed by atoms with Crippen molar-refractivity contribution in [3.05, 3.63) is 30.3 Å². The van der Waals surface area contributed by atoms with Gasteiger partial charge in [-0.2, -0.15) is 0 Å². The molecular formula is C13H19ClNO4P. The predicted molar refractivity (Wildman–Crippen MR) is 78.9 cm³/mol. The fourth-order valence-electron chi connectivity index (χ4n) is 1.52. The van der Waals surface area contributed by atoms with E-state index in [1.54, 1.807) is 51.1 Å². The number of carbonyl (C=O) groups is 1. The van der Waals surface area contributed by atoms with Gasteiger partial charge in [0.05, 0.1) is 6.61 Å². The summed E-state index contributed by atoms with van der Waals surface area (Å²) in [5.41, 5.74) is 0. The van der Waals surface area contributed by atoms with Crippen molar-refractivity contribution in [1.82, 2.24) is 5.09 Å². The number of nitrogens with one attached hydrogen (secondary N) is 1. The average Bonchev–Trinajstić information content (AvgIpc) is 2.36. The Hall–Kier alpha value is -1.03. The second-order valence-electron chi connectivity index (χ2n) is 4.49. The van der Waals surface area contributed by atoms with Crippen LogP contribution >= 0.6 is 18.1 Å². The molecule has 0 aromatic heterocycles. The number of ether oxygens (including phenoxy) is 1. The molecule has 0 unspecified atom stereocenters. The zero-order chi connectivity index (χ0) is 15.2. The highest BCUT2D eigenvalue weighted by molar-refractivity contribution is 7.84. The SMILES string of the molecule is CCOC(=O)[C@@H](N[P@](=O)(Cl)Oc1ccccc1)C(C)C. The van der Waals surface area contributed by atoms with Crippen molar-refractivity contribution < 1.29 is 18.6 Å². The number of esters is 1. The van der Waals surface area contributed by atoms with E-state index in [-0.39, 0.29) is 12.5 Å². The molecule has 0 aliphatic carbocycles. The van der Waals surface area contributed by atoms with Gasteiger partial charge < -0.3 is 9.26 Å². The molecular weight excluding hydrogens is 301 g/mol. The van der Waals surface area contributed by atoms with Gasteiger partial charge in [-0.3, -0.25) is 4.79 Å². The Morgan fingerprint density at radius 1 is 1.35 bits per heavy atom. The standard InChI is InChI=1S/C13H19ClNO4P/c1-4-18-13(16)12(10(2)3)15-20(14,17)19-11-8-6-5-7-9-11/h5-10,12H,4H2,1-3H3,(H,15,17)/t12-,20-/m0/s1. The molecule has 0 amide bonds. The van der Waals surface area contributed by atoms with Crippen LogP contribution in [-0.2, 0) is 14.1 Å². The molecule has 1 rings (SSSR count). The molecule has 0 heterocycles. The molecule has 1 N–H and O–H groups in total. The topological polar surface area (TPSA) is 64.6 Å². The number of hydrogen-bond donors (Lipinski definition) is 1. The first kappa shape index (κ1) is 17.0. The Morgan fingerprint density at radius 3 is 2.45 bits per heavy atom. The Kier molecular flexibility index (Phi) is 6.53. The summed E-state index contributed by atoms with van der Waals surface area (Å²) in [6.07, 6.45) is 0. The highest BCUT2D eigenvalue weighted by Gasteiger charge is 2.32. The van der Waals surface area contributed by atoms with Crippen LogP contribution in [0.25, 0.3) is 0 Å². The molecule has 1 aromatic carbocycles. The fourth-order valence-corrected chi connectivity index (χ4v) is 3.25. The Morgan fingerprint density at radius 2 is 1.95 bits per heavy atom. The number of rotatable bonds is 7. The smallest absolute Gasteiger partial charge is 0.409 e. The van der Waals surface area contributed by atoms with Gasteiger partial charge in [0.2, 0.25) is 0 Å². The summed E-state index contributed by atoms with van der Waals surface area (Å²) in [7, 11) is 0. The Balaban J connectivity index is 2.76. The lowest BCUT2D eigenvalue weighted by atomic mass is 10.1. The molecule has 0 aliphatic heterocycles. The van der Waals surface area contributed by atoms with Crippen LogP contribution in [0.4, 0.5) is 0 Å². The van der Waals surface area contributed by atoms with E-state index < -0.39 is 18.9 Å². The lowest BCUT2D eigenvalue weighted by Crippen LogP contribution is -2.40. The molecule has 20 heavy (non-hydrogen) atoms. The van der Waals surface area contributed by atoms with Crippen LogP contribution in [0.2, 0.25) is 0 Å². The molecule has 0 aliphatic rings. The van der Waals surface area contributed by atoms with Gasteiger partial charge >= 0.3 is 12.8 Å². The summed E-state index contributed by atoms with van der Waals surface area (Å²) >= 11 is 5.87. The van der Waals surface area contributed by atoms with Crippen LogP contribution in [0.15, 0.2) is 30.3 Å². The first-order valence-corrected chi connectivity index (χ1v) is 8.87. The highest BCUT2D eigenvalue weighted by Crippen LogP contribution is 2.49. The molecule has 0 saturated carbocycles. The number of halogens is 1. The lowest BCUT2D eigenvalue weighted by Gasteiger charge is -2.23. The van der Waals surface area contributed by atoms with Gasteiger partial charge in [0.15, 0.2) is 0 Å². The van der Waals surface area contributed by atoms with Crippen LogP contribution in [0.3, 0.4) is 0 Å². The third kappa shape index (κ3) is 5.53. The zero-order valence-corrected chi connectivity index (χ0v) is 13.4. The van der Waals surface area contributed by atoms with Crippen molar-refractivity contribution in [2.24, 2.45) is 5.92 Å². The molecule has 0 spiro atoms. The maximum atomic E-state index is 12.2. The number of benzene rings is 1. The maximum Gasteiger partial charge on any atom is 0.409 e. The summed E-state index contributed by atoms with van der Waals surface area (Å²) in [5.74, 6) is -0.273. The second kappa shape index (κ2) is 7.67. The molecule has 0 bridgehead atoms. The number of para-hydroxylation sites is 1. The van der Waals surface area contributed by atoms with Crippen LogP contribution in [-0.4, -0.2) is 18.6 Å². The van der Waals surface area contributed by atoms with Crippen LogP contribution in [0.1, 0.15) is 20.8 Å². The first-order chi connectivity index (χ1) is 9.35. The van der Waals surface area contributed by atoms with Gasteiger partial charge in [-0.25, -0.2) is 9.65 Å². The maximum absolute atomic E-state index is 12.2. The molecule has 5 nitrogen and oxygen atoms in total. The minimum absolute atomic E-state index is 0.138. The Bertz CT molecular complexity index is 481. The molecule has 0 saturated heterocycles. The summed E-state index contributed by atoms with van der Waals surface area (Å²) in [5, 5.41) is 2.55. The molecule has 112 valence electrons. The van der Waals surface area contributed by atoms with Gasteiger partial charge in [0.25, 0.3) is 0 Å². The van der Waals surface area contributed by atoms with Crippen molar-refractivity contribution in [2.45, 2.75) is 26.8 Å². The van der Waals surface area contributed by atoms with Gasteiger partial charge in [0, 0.05) is 11.2 Å². The van der Waals surface area contributed by atoms with Crippen molar-refractivity contribution in [1.29, 1.82) is 0 Å². The average molecular weight is 320 g/mol. The van der Waals surface area contributed by atoms with E-state index in [0.29, 0.717) is 5.75 Å². The monoisotopic (exact) mass is 319 g/mol. The third-order valence-electron chi connectivity index (χ3n) is 2.47. The lowest BCUT2D eigenvalue weighted by molar-refractivity contribution is -0.146. The van der Waals surface area contributed by atoms with E-state index in [4.69, 9.17) is 20.5 Å². The van der Waals surface area contributed by atoms with Crippen molar-refractivity contribution >= 4 is 24.1 Å². The van der Waals surface area contributed by atoms with E-state index in [0.717, 1.165) is 0 Å². The summed E-state index contributed by atoms with van der Waals surface area (Å²) in [6.45, 7) is 1.87. The van der Waals surface area contributed by atoms with Gasteiger partial charge in [0.1, 0.15) is 11.8 Å². The van der Waals surface area contributed by atoms with Crippen molar-refractivity contribution in [2.75, 3.05) is 6.61 Å². The second-order valence-corrected chi connectivity index (χ2v) is 7.22. The van der Waals surface area contributed by atoms with Crippen LogP contribution in [0.5, 0.6) is 5.75 Å². The number of carbonyl (C=O) groups excluding carboxylic acids is 1. The van der Waals surface area contributed by atoms with Gasteiger partial charge in [-0.1, -0.05) is 32.0 Å². The minimum atomic E-state index is -3.68. The number of hydrogen-bond acceptors (Lipinski definition) is 4. The Labute approximate surface area is 123 Å². The van der Waals surface area contributed by atoms with Gasteiger partial charge in [-0.05, 0) is 25.0 Å². The largest absolute Gasteiger partial charge is 0.465 e. The molecule has 0 fully saturated rings. The van der Waals surface area contributed by atoms with E-state index in [9.17, 15) is 9.36 Å². The molecule has 1 aromatic rings. The van der Waals surface area contributed by atoms with E-state index in [1.165, 1.54) is 0 Å². The highest BCUT2D eigenvalue weighted by atomic mass is 35.7. The summed E-state index contributed by atoms with van der Waals surface area (Å²) < 4.78 is 22.4. The predicted octanol–water partition coefficient (Wildman–Crippen LogP) is 3.59. The summed E-state index contributed by atoms with van der Waals surface area (Å²) in [4.78, 5) is 11.8. The third-order valence-corrected chi connectivity index (χ3v) is 4.00. The van der Waals surface area contributed by atoms with Gasteiger partial charge in [-0.15, -0.1) is 0 Å². The van der Waals surface area contributed by atoms with E-state index >= 15 is 0 Å². The van der Waals surface area contributed by atoms with E-state index in [2.05, 4.69) is 5.09 Å². The summed E-state index contributed by atoms with van der Waals surface area (Å²) in [6, 6.07) is 7.74. The normalized spacial score (nSPS) is 15.4. The van der Waals surface area contributed by atoms with Crippen molar-refractivity contribution in [3.63, 3.8) is 0 Å². The quantitative estimate of drug-likeness (QED) is 0.614. The fraction of sp³-hybridized carbons (Fsp3) is 0.462. The molecule has 0 radical (unpaired) electrons. The minimum Gasteiger partial charge on any atom is -0.465 e.